The van der Waals surface area contributed by atoms with Crippen molar-refractivity contribution in [1.29, 1.82) is 0 Å². The first-order valence-corrected chi connectivity index (χ1v) is 6.66. The molecule has 2 N–H and O–H groups in total. The summed E-state index contributed by atoms with van der Waals surface area (Å²) in [5, 5.41) is 6.42. The highest BCUT2D eigenvalue weighted by atomic mass is 19.2. The maximum absolute atomic E-state index is 13.2. The molecule has 3 nitrogen and oxygen atoms in total. The monoisotopic (exact) mass is 283 g/mol. The number of nitrogens with one attached hydrogen (secondary N) is 2. The quantitative estimate of drug-likeness (QED) is 0.661. The van der Waals surface area contributed by atoms with E-state index < -0.39 is 11.6 Å². The fourth-order valence-corrected chi connectivity index (χ4v) is 1.72. The van der Waals surface area contributed by atoms with Gasteiger partial charge in [0.15, 0.2) is 17.6 Å². The molecule has 0 saturated heterocycles. The summed E-state index contributed by atoms with van der Waals surface area (Å²) in [6, 6.07) is 4.00. The molecule has 0 aromatic heterocycles. The summed E-state index contributed by atoms with van der Waals surface area (Å²) in [7, 11) is 1.70. The fourth-order valence-electron chi connectivity index (χ4n) is 1.72. The van der Waals surface area contributed by atoms with Gasteiger partial charge in [0.1, 0.15) is 0 Å². The van der Waals surface area contributed by atoms with E-state index in [-0.39, 0.29) is 11.5 Å². The van der Waals surface area contributed by atoms with Crippen LogP contribution in [0.25, 0.3) is 0 Å². The van der Waals surface area contributed by atoms with Gasteiger partial charge in [0.25, 0.3) is 0 Å². The van der Waals surface area contributed by atoms with Crippen LogP contribution in [0.2, 0.25) is 0 Å². The second-order valence-corrected chi connectivity index (χ2v) is 5.90. The molecule has 0 aliphatic rings. The molecule has 0 amide bonds. The first-order valence-electron chi connectivity index (χ1n) is 6.66. The number of hydrogen-bond acceptors (Lipinski definition) is 1. The van der Waals surface area contributed by atoms with Gasteiger partial charge >= 0.3 is 0 Å². The molecule has 5 heteroatoms. The van der Waals surface area contributed by atoms with E-state index >= 15 is 0 Å². The molecule has 20 heavy (non-hydrogen) atoms. The van der Waals surface area contributed by atoms with E-state index in [1.165, 1.54) is 6.07 Å². The zero-order valence-corrected chi connectivity index (χ0v) is 12.7. The maximum Gasteiger partial charge on any atom is 0.191 e. The third-order valence-electron chi connectivity index (χ3n) is 2.81. The van der Waals surface area contributed by atoms with Crippen LogP contribution in [0.15, 0.2) is 23.2 Å². The van der Waals surface area contributed by atoms with E-state index in [0.717, 1.165) is 11.6 Å². The number of benzene rings is 1. The number of hydrogen-bond donors (Lipinski definition) is 2. The Morgan fingerprint density at radius 3 is 2.40 bits per heavy atom. The first-order chi connectivity index (χ1) is 9.23. The topological polar surface area (TPSA) is 36.4 Å². The molecule has 1 atom stereocenters. The fraction of sp³-hybridized carbons (Fsp3) is 0.533. The lowest BCUT2D eigenvalue weighted by molar-refractivity contribution is 0.497. The second kappa shape index (κ2) is 6.68. The third-order valence-corrected chi connectivity index (χ3v) is 2.81. The molecule has 0 aliphatic carbocycles. The molecule has 0 spiro atoms. The van der Waals surface area contributed by atoms with Gasteiger partial charge in [-0.3, -0.25) is 4.99 Å². The van der Waals surface area contributed by atoms with Gasteiger partial charge in [-0.2, -0.15) is 0 Å². The van der Waals surface area contributed by atoms with Crippen molar-refractivity contribution < 1.29 is 8.78 Å². The molecule has 0 saturated carbocycles. The van der Waals surface area contributed by atoms with Crippen molar-refractivity contribution in [3.63, 3.8) is 0 Å². The lowest BCUT2D eigenvalue weighted by Crippen LogP contribution is -2.48. The summed E-state index contributed by atoms with van der Waals surface area (Å²) >= 11 is 0. The molecule has 1 aromatic rings. The van der Waals surface area contributed by atoms with Crippen LogP contribution in [0.5, 0.6) is 0 Å². The molecule has 0 aliphatic heterocycles. The van der Waals surface area contributed by atoms with E-state index in [1.807, 2.05) is 27.7 Å². The Kier molecular flexibility index (Phi) is 5.48. The molecule has 1 unspecified atom stereocenters. The van der Waals surface area contributed by atoms with E-state index in [9.17, 15) is 8.78 Å². The van der Waals surface area contributed by atoms with Crippen LogP contribution in [-0.4, -0.2) is 25.1 Å². The van der Waals surface area contributed by atoms with Gasteiger partial charge < -0.3 is 10.6 Å². The predicted molar refractivity (Wildman–Crippen MR) is 79.0 cm³/mol. The zero-order chi connectivity index (χ0) is 15.3. The summed E-state index contributed by atoms with van der Waals surface area (Å²) in [4.78, 5) is 4.13. The van der Waals surface area contributed by atoms with Gasteiger partial charge in [0.05, 0.1) is 0 Å². The Bertz CT molecular complexity index is 478. The Balaban J connectivity index is 2.62. The summed E-state index contributed by atoms with van der Waals surface area (Å²) in [5.41, 5.74) is 0.662. The van der Waals surface area contributed by atoms with Crippen molar-refractivity contribution in [3.8, 4) is 0 Å². The Morgan fingerprint density at radius 2 is 1.90 bits per heavy atom. The number of nitrogens with zero attached hydrogens (tertiary/aromatic N) is 1. The molecule has 1 aromatic carbocycles. The molecule has 0 radical (unpaired) electrons. The summed E-state index contributed by atoms with van der Waals surface area (Å²) in [6.07, 6.45) is 0. The third kappa shape index (κ3) is 5.15. The average Bonchev–Trinajstić information content (AvgIpc) is 2.36. The molecule has 1 rings (SSSR count). The van der Waals surface area contributed by atoms with Crippen LogP contribution in [-0.2, 0) is 0 Å². The van der Waals surface area contributed by atoms with Crippen molar-refractivity contribution in [2.75, 3.05) is 13.6 Å². The van der Waals surface area contributed by atoms with Crippen LogP contribution in [0.1, 0.15) is 39.2 Å². The van der Waals surface area contributed by atoms with Gasteiger partial charge in [0.2, 0.25) is 0 Å². The van der Waals surface area contributed by atoms with Crippen molar-refractivity contribution in [2.45, 2.75) is 39.2 Å². The highest BCUT2D eigenvalue weighted by Crippen LogP contribution is 2.17. The molecule has 0 fully saturated rings. The molecule has 0 bridgehead atoms. The highest BCUT2D eigenvalue weighted by molar-refractivity contribution is 5.80. The highest BCUT2D eigenvalue weighted by Gasteiger charge is 2.13. The Labute approximate surface area is 119 Å². The van der Waals surface area contributed by atoms with Gasteiger partial charge in [-0.1, -0.05) is 13.0 Å². The predicted octanol–water partition coefficient (Wildman–Crippen LogP) is 3.03. The lowest BCUT2D eigenvalue weighted by Gasteiger charge is -2.24. The zero-order valence-electron chi connectivity index (χ0n) is 12.7. The smallest absolute Gasteiger partial charge is 0.191 e. The number of aliphatic imine (C=N–C) groups is 1. The number of rotatable bonds is 3. The van der Waals surface area contributed by atoms with Gasteiger partial charge in [-0.15, -0.1) is 0 Å². The molecular weight excluding hydrogens is 260 g/mol. The van der Waals surface area contributed by atoms with Crippen molar-refractivity contribution in [3.05, 3.63) is 35.4 Å². The van der Waals surface area contributed by atoms with Crippen molar-refractivity contribution in [2.24, 2.45) is 4.99 Å². The van der Waals surface area contributed by atoms with Crippen LogP contribution in [0.4, 0.5) is 8.78 Å². The first kappa shape index (κ1) is 16.4. The van der Waals surface area contributed by atoms with Gasteiger partial charge in [-0.05, 0) is 44.4 Å². The van der Waals surface area contributed by atoms with Gasteiger partial charge in [-0.25, -0.2) is 8.78 Å². The van der Waals surface area contributed by atoms with Gasteiger partial charge in [0, 0.05) is 19.1 Å². The molecule has 112 valence electrons. The normalized spacial score (nSPS) is 14.1. The molecule has 0 heterocycles. The van der Waals surface area contributed by atoms with Crippen LogP contribution in [0, 0.1) is 11.6 Å². The number of guanidine groups is 1. The molecular formula is C15H23F2N3. The number of halogens is 2. The Hall–Kier alpha value is -1.65. The van der Waals surface area contributed by atoms with E-state index in [1.54, 1.807) is 13.1 Å². The summed E-state index contributed by atoms with van der Waals surface area (Å²) in [6.45, 7) is 8.65. The summed E-state index contributed by atoms with van der Waals surface area (Å²) in [5.74, 6) is -0.902. The minimum atomic E-state index is -0.820. The van der Waals surface area contributed by atoms with Crippen LogP contribution >= 0.6 is 0 Å². The SMILES string of the molecule is CN=C(NCC(C)c1ccc(F)c(F)c1)NC(C)(C)C. The minimum Gasteiger partial charge on any atom is -0.356 e. The second-order valence-electron chi connectivity index (χ2n) is 5.90. The van der Waals surface area contributed by atoms with Crippen molar-refractivity contribution in [1.82, 2.24) is 10.6 Å². The standard InChI is InChI=1S/C15H23F2N3/c1-10(11-6-7-12(16)13(17)8-11)9-19-14(18-5)20-15(2,3)4/h6-8,10H,9H2,1-5H3,(H2,18,19,20). The van der Waals surface area contributed by atoms with E-state index in [4.69, 9.17) is 0 Å². The van der Waals surface area contributed by atoms with E-state index in [2.05, 4.69) is 15.6 Å². The van der Waals surface area contributed by atoms with Crippen molar-refractivity contribution >= 4 is 5.96 Å². The van der Waals surface area contributed by atoms with E-state index in [0.29, 0.717) is 12.5 Å². The Morgan fingerprint density at radius 1 is 1.25 bits per heavy atom. The largest absolute Gasteiger partial charge is 0.356 e. The lowest BCUT2D eigenvalue weighted by atomic mass is 10.0. The van der Waals surface area contributed by atoms with Crippen LogP contribution in [0.3, 0.4) is 0 Å². The average molecular weight is 283 g/mol. The minimum absolute atomic E-state index is 0.0450. The summed E-state index contributed by atoms with van der Waals surface area (Å²) < 4.78 is 26.1. The maximum atomic E-state index is 13.2. The van der Waals surface area contributed by atoms with Crippen LogP contribution < -0.4 is 10.6 Å².